The van der Waals surface area contributed by atoms with E-state index < -0.39 is 0 Å². The van der Waals surface area contributed by atoms with E-state index in [1.165, 1.54) is 0 Å². The Balaban J connectivity index is 0. The molecule has 0 N–H and O–H groups in total. The molecule has 0 amide bonds. The van der Waals surface area contributed by atoms with Gasteiger partial charge >= 0.3 is 0 Å². The third kappa shape index (κ3) is 8.83. The predicted octanol–water partition coefficient (Wildman–Crippen LogP) is -0.388. The van der Waals surface area contributed by atoms with Gasteiger partial charge in [0.2, 0.25) is 0 Å². The summed E-state index contributed by atoms with van der Waals surface area (Å²) in [5.41, 5.74) is 0. The Hall–Kier alpha value is 2.38. The van der Waals surface area contributed by atoms with Gasteiger partial charge in [-0.3, -0.25) is 0 Å². The van der Waals surface area contributed by atoms with Crippen molar-refractivity contribution < 1.29 is 51.2 Å². The van der Waals surface area contributed by atoms with Crippen LogP contribution in [-0.2, 0) is 51.2 Å². The molecule has 0 unspecified atom stereocenters. The second-order valence-corrected chi connectivity index (χ2v) is 0. The van der Waals surface area contributed by atoms with Crippen molar-refractivity contribution in [2.75, 3.05) is 0 Å². The Kier molecular flexibility index (Phi) is 149. The maximum absolute atomic E-state index is 0. The van der Waals surface area contributed by atoms with E-state index in [9.17, 15) is 0 Å². The quantitative estimate of drug-likeness (QED) is 0.532. The average molecular weight is 287 g/mol. The van der Waals surface area contributed by atoms with Gasteiger partial charge < -0.3 is 0 Å². The normalized spacial score (nSPS) is 0. The monoisotopic (exact) mass is 286 g/mol. The summed E-state index contributed by atoms with van der Waals surface area (Å²) in [7, 11) is 0. The molecule has 0 fully saturated rings. The van der Waals surface area contributed by atoms with Crippen molar-refractivity contribution in [3.05, 3.63) is 0 Å². The Morgan fingerprint density at radius 3 is 0.500 bits per heavy atom. The van der Waals surface area contributed by atoms with Crippen LogP contribution in [0.5, 0.6) is 0 Å². The van der Waals surface area contributed by atoms with Crippen LogP contribution in [0, 0.1) is 0 Å². The van der Waals surface area contributed by atoms with E-state index in [4.69, 9.17) is 0 Å². The molecule has 0 spiro atoms. The first kappa shape index (κ1) is 32.6. The molecule has 26 valence electrons. The SMILES string of the molecule is [Mn].[Mn].[Mn].[Sb]. The molecule has 0 saturated heterocycles. The van der Waals surface area contributed by atoms with Crippen molar-refractivity contribution in [1.82, 2.24) is 0 Å². The van der Waals surface area contributed by atoms with Crippen LogP contribution in [0.25, 0.3) is 0 Å². The van der Waals surface area contributed by atoms with Crippen molar-refractivity contribution in [2.45, 2.75) is 0 Å². The molecule has 0 heterocycles. The van der Waals surface area contributed by atoms with Gasteiger partial charge in [0, 0.05) is 75.6 Å². The van der Waals surface area contributed by atoms with Crippen molar-refractivity contribution in [3.8, 4) is 0 Å². The molecule has 0 aromatic carbocycles. The summed E-state index contributed by atoms with van der Waals surface area (Å²) in [5.74, 6) is 0. The molecule has 0 aliphatic rings. The topological polar surface area (TPSA) is 0 Å². The van der Waals surface area contributed by atoms with Crippen LogP contribution >= 0.6 is 0 Å². The molecule has 0 aromatic rings. The van der Waals surface area contributed by atoms with Crippen LogP contribution in [0.2, 0.25) is 0 Å². The van der Waals surface area contributed by atoms with Crippen molar-refractivity contribution >= 4 is 24.4 Å². The van der Waals surface area contributed by atoms with Gasteiger partial charge in [0.1, 0.15) is 0 Å². The summed E-state index contributed by atoms with van der Waals surface area (Å²) >= 11 is 0. The largest absolute Gasteiger partial charge is 0 e. The molecular formula is Mn3Sb. The standard InChI is InChI=1S/3Mn.Sb. The molecule has 4 heteroatoms. The zero-order valence-electron chi connectivity index (χ0n) is 1.58. The number of rotatable bonds is 0. The Bertz CT molecular complexity index is 3.25. The van der Waals surface area contributed by atoms with Gasteiger partial charge in [-0.2, -0.15) is 0 Å². The van der Waals surface area contributed by atoms with Crippen LogP contribution in [0.15, 0.2) is 0 Å². The summed E-state index contributed by atoms with van der Waals surface area (Å²) in [6.07, 6.45) is 0. The van der Waals surface area contributed by atoms with E-state index in [1.54, 1.807) is 0 Å². The molecular weight excluding hydrogens is 287 g/mol. The minimum Gasteiger partial charge on any atom is 0 e. The predicted molar refractivity (Wildman–Crippen MR) is 5.75 cm³/mol. The van der Waals surface area contributed by atoms with Crippen molar-refractivity contribution in [1.29, 1.82) is 0 Å². The summed E-state index contributed by atoms with van der Waals surface area (Å²) in [4.78, 5) is 0. The minimum absolute atomic E-state index is 0. The van der Waals surface area contributed by atoms with Crippen LogP contribution in [0.3, 0.4) is 0 Å². The number of hydrogen-bond acceptors (Lipinski definition) is 0. The van der Waals surface area contributed by atoms with Gasteiger partial charge in [-0.1, -0.05) is 0 Å². The Labute approximate surface area is 74.7 Å². The van der Waals surface area contributed by atoms with E-state index in [1.807, 2.05) is 0 Å². The fourth-order valence-electron chi connectivity index (χ4n) is 0. The molecule has 0 aliphatic carbocycles. The van der Waals surface area contributed by atoms with Gasteiger partial charge in [0.15, 0.2) is 0 Å². The van der Waals surface area contributed by atoms with Gasteiger partial charge in [0.25, 0.3) is 0 Å². The van der Waals surface area contributed by atoms with E-state index in [0.29, 0.717) is 0 Å². The van der Waals surface area contributed by atoms with E-state index in [0.717, 1.165) is 0 Å². The second-order valence-electron chi connectivity index (χ2n) is 0. The summed E-state index contributed by atoms with van der Waals surface area (Å²) in [5, 5.41) is 0. The van der Waals surface area contributed by atoms with Crippen LogP contribution in [-0.4, -0.2) is 24.4 Å². The van der Waals surface area contributed by atoms with Gasteiger partial charge in [-0.05, 0) is 0 Å². The van der Waals surface area contributed by atoms with Crippen molar-refractivity contribution in [2.24, 2.45) is 0 Å². The zero-order valence-corrected chi connectivity index (χ0v) is 7.68. The first-order chi connectivity index (χ1) is 0. The molecule has 0 rings (SSSR count). The molecule has 0 nitrogen and oxygen atoms in total. The zero-order chi connectivity index (χ0) is 0. The molecule has 4 heavy (non-hydrogen) atoms. The third-order valence-corrected chi connectivity index (χ3v) is 0. The molecule has 0 atom stereocenters. The van der Waals surface area contributed by atoms with Crippen LogP contribution in [0.4, 0.5) is 0 Å². The first-order valence-corrected chi connectivity index (χ1v) is 0. The second kappa shape index (κ2) is 18.2. The van der Waals surface area contributed by atoms with E-state index >= 15 is 0 Å². The molecule has 0 aromatic heterocycles. The third-order valence-electron chi connectivity index (χ3n) is 0. The maximum atomic E-state index is 0. The van der Waals surface area contributed by atoms with Gasteiger partial charge in [-0.15, -0.1) is 0 Å². The summed E-state index contributed by atoms with van der Waals surface area (Å²) in [6, 6.07) is 0. The van der Waals surface area contributed by atoms with Crippen LogP contribution < -0.4 is 0 Å². The van der Waals surface area contributed by atoms with Crippen LogP contribution in [0.1, 0.15) is 0 Å². The molecule has 6 radical (unpaired) electrons. The molecule has 0 saturated carbocycles. The van der Waals surface area contributed by atoms with E-state index in [-0.39, 0.29) is 75.6 Å². The smallest absolute Gasteiger partial charge is 0 e. The van der Waals surface area contributed by atoms with Gasteiger partial charge in [0.05, 0.1) is 0 Å². The molecule has 0 aliphatic heterocycles. The maximum Gasteiger partial charge on any atom is 0 e. The summed E-state index contributed by atoms with van der Waals surface area (Å²) in [6.45, 7) is 0. The Morgan fingerprint density at radius 1 is 0.500 bits per heavy atom. The minimum atomic E-state index is 0. The number of hydrogen-bond donors (Lipinski definition) is 0. The van der Waals surface area contributed by atoms with Crippen molar-refractivity contribution in [3.63, 3.8) is 0 Å². The summed E-state index contributed by atoms with van der Waals surface area (Å²) < 4.78 is 0. The fourth-order valence-corrected chi connectivity index (χ4v) is 0. The van der Waals surface area contributed by atoms with Gasteiger partial charge in [-0.25, -0.2) is 0 Å². The average Bonchev–Trinajstić information content (AvgIpc) is 0. The Morgan fingerprint density at radius 2 is 0.500 bits per heavy atom. The first-order valence-electron chi connectivity index (χ1n) is 0. The van der Waals surface area contributed by atoms with E-state index in [2.05, 4.69) is 0 Å². The molecule has 0 bridgehead atoms. The fraction of sp³-hybridized carbons (Fsp3) is 0.